The number of rotatable bonds is 5. The van der Waals surface area contributed by atoms with Crippen LogP contribution in [0.4, 0.5) is 0 Å². The number of hydrogen-bond donors (Lipinski definition) is 1. The first-order valence-corrected chi connectivity index (χ1v) is 4.25. The summed E-state index contributed by atoms with van der Waals surface area (Å²) in [4.78, 5) is 31.4. The summed E-state index contributed by atoms with van der Waals surface area (Å²) in [5.74, 6) is -1.46. The van der Waals surface area contributed by atoms with Crippen LogP contribution in [0.25, 0.3) is 0 Å². The molecule has 0 aliphatic rings. The topological polar surface area (TPSA) is 75.6 Å². The molecular formula is C8H14N2O3. The van der Waals surface area contributed by atoms with Crippen LogP contribution in [0.3, 0.4) is 0 Å². The molecule has 0 heterocycles. The highest BCUT2D eigenvalue weighted by Gasteiger charge is 2.16. The second-order valence-corrected chi connectivity index (χ2v) is 2.88. The van der Waals surface area contributed by atoms with E-state index in [0.717, 1.165) is 6.42 Å². The molecule has 1 atom stereocenters. The number of carbonyl (C=O) groups is 2. The normalized spacial score (nSPS) is 11.8. The molecule has 0 aliphatic heterocycles. The molecule has 1 N–H and O–H groups in total. The molecule has 2 amide bonds. The Balaban J connectivity index is 3.81. The first kappa shape index (κ1) is 11.7. The molecule has 5 nitrogen and oxygen atoms in total. The van der Waals surface area contributed by atoms with E-state index in [1.54, 1.807) is 6.92 Å². The lowest BCUT2D eigenvalue weighted by molar-refractivity contribution is -0.128. The highest BCUT2D eigenvalue weighted by Crippen LogP contribution is 2.02. The van der Waals surface area contributed by atoms with Crippen molar-refractivity contribution in [1.29, 1.82) is 0 Å². The summed E-state index contributed by atoms with van der Waals surface area (Å²) < 4.78 is 0. The van der Waals surface area contributed by atoms with Crippen molar-refractivity contribution in [2.24, 2.45) is 11.1 Å². The Morgan fingerprint density at radius 1 is 1.46 bits per heavy atom. The minimum absolute atomic E-state index is 0.112. The van der Waals surface area contributed by atoms with Gasteiger partial charge in [0.1, 0.15) is 0 Å². The van der Waals surface area contributed by atoms with Crippen molar-refractivity contribution in [3.63, 3.8) is 0 Å². The van der Waals surface area contributed by atoms with Crippen molar-refractivity contribution >= 4 is 11.8 Å². The third-order valence-electron chi connectivity index (χ3n) is 1.58. The van der Waals surface area contributed by atoms with E-state index in [4.69, 9.17) is 0 Å². The second kappa shape index (κ2) is 6.28. The van der Waals surface area contributed by atoms with Crippen molar-refractivity contribution in [3.8, 4) is 0 Å². The fourth-order valence-corrected chi connectivity index (χ4v) is 0.814. The summed E-state index contributed by atoms with van der Waals surface area (Å²) in [6, 6.07) is 0. The number of nitrogens with zero attached hydrogens (tertiary/aromatic N) is 1. The van der Waals surface area contributed by atoms with E-state index in [1.165, 1.54) is 0 Å². The Hall–Kier alpha value is -1.26. The first-order chi connectivity index (χ1) is 6.11. The highest BCUT2D eigenvalue weighted by atomic mass is 16.3. The Kier molecular flexibility index (Phi) is 5.67. The molecule has 0 bridgehead atoms. The predicted octanol–water partition coefficient (Wildman–Crippen LogP) is 0.832. The van der Waals surface area contributed by atoms with Crippen molar-refractivity contribution in [2.75, 3.05) is 6.54 Å². The fourth-order valence-electron chi connectivity index (χ4n) is 0.814. The van der Waals surface area contributed by atoms with E-state index in [2.05, 4.69) is 10.5 Å². The van der Waals surface area contributed by atoms with Gasteiger partial charge in [0.15, 0.2) is 0 Å². The molecular weight excluding hydrogens is 172 g/mol. The Bertz CT molecular complexity index is 204. The Morgan fingerprint density at radius 3 is 2.54 bits per heavy atom. The summed E-state index contributed by atoms with van der Waals surface area (Å²) >= 11 is 0. The smallest absolute Gasteiger partial charge is 0.287 e. The molecule has 5 heteroatoms. The van der Waals surface area contributed by atoms with E-state index in [-0.39, 0.29) is 12.3 Å². The van der Waals surface area contributed by atoms with Crippen LogP contribution in [0.2, 0.25) is 0 Å². The quantitative estimate of drug-likeness (QED) is 0.646. The number of hydrogen-bond acceptors (Lipinski definition) is 3. The summed E-state index contributed by atoms with van der Waals surface area (Å²) in [5.41, 5.74) is 0. The molecule has 0 saturated heterocycles. The van der Waals surface area contributed by atoms with Gasteiger partial charge in [-0.3, -0.25) is 9.59 Å². The Morgan fingerprint density at radius 2 is 2.08 bits per heavy atom. The van der Waals surface area contributed by atoms with Gasteiger partial charge in [-0.25, -0.2) is 0 Å². The average Bonchev–Trinajstić information content (AvgIpc) is 2.13. The van der Waals surface area contributed by atoms with Crippen LogP contribution < -0.4 is 5.32 Å². The lowest BCUT2D eigenvalue weighted by Crippen LogP contribution is -2.30. The van der Waals surface area contributed by atoms with E-state index >= 15 is 0 Å². The lowest BCUT2D eigenvalue weighted by atomic mass is 10.1. The lowest BCUT2D eigenvalue weighted by Gasteiger charge is -2.08. The van der Waals surface area contributed by atoms with Crippen LogP contribution in [0.1, 0.15) is 26.7 Å². The fraction of sp³-hybridized carbons (Fsp3) is 0.750. The molecule has 0 fully saturated rings. The summed E-state index contributed by atoms with van der Waals surface area (Å²) in [6.45, 7) is 4.11. The minimum Gasteiger partial charge on any atom is -0.356 e. The number of nitrogens with one attached hydrogen (secondary N) is 1. The summed E-state index contributed by atoms with van der Waals surface area (Å²) in [5, 5.41) is 4.85. The third kappa shape index (κ3) is 5.05. The minimum atomic E-state index is -0.779. The van der Waals surface area contributed by atoms with Gasteiger partial charge in [-0.1, -0.05) is 13.8 Å². The van der Waals surface area contributed by atoms with Crippen LogP contribution in [0.15, 0.2) is 5.18 Å². The average molecular weight is 186 g/mol. The van der Waals surface area contributed by atoms with E-state index in [0.29, 0.717) is 6.54 Å². The van der Waals surface area contributed by atoms with Crippen LogP contribution >= 0.6 is 0 Å². The molecule has 0 aliphatic carbocycles. The maximum absolute atomic E-state index is 11.1. The monoisotopic (exact) mass is 186 g/mol. The maximum Gasteiger partial charge on any atom is 0.287 e. The van der Waals surface area contributed by atoms with Crippen LogP contribution in [0.5, 0.6) is 0 Å². The van der Waals surface area contributed by atoms with Gasteiger partial charge < -0.3 is 5.32 Å². The van der Waals surface area contributed by atoms with E-state index < -0.39 is 11.8 Å². The molecule has 0 aromatic carbocycles. The zero-order chi connectivity index (χ0) is 10.3. The van der Waals surface area contributed by atoms with Gasteiger partial charge in [-0.2, -0.15) is 0 Å². The Labute approximate surface area is 76.9 Å². The molecule has 0 aromatic heterocycles. The number of amides is 2. The molecule has 74 valence electrons. The van der Waals surface area contributed by atoms with Gasteiger partial charge in [0.05, 0.1) is 0 Å². The first-order valence-electron chi connectivity index (χ1n) is 4.25. The maximum atomic E-state index is 11.1. The van der Waals surface area contributed by atoms with Crippen molar-refractivity contribution < 1.29 is 9.59 Å². The third-order valence-corrected chi connectivity index (χ3v) is 1.58. The number of nitroso groups, excluding NO2 is 1. The molecule has 0 radical (unpaired) electrons. The predicted molar refractivity (Wildman–Crippen MR) is 47.9 cm³/mol. The standard InChI is InChI=1S/C8H14N2O3/c1-3-4-9-8(12)6(2)5-7(11)10-13/h6H,3-5H2,1-2H3,(H,9,12). The zero-order valence-corrected chi connectivity index (χ0v) is 7.87. The van der Waals surface area contributed by atoms with Crippen LogP contribution in [0, 0.1) is 10.8 Å². The van der Waals surface area contributed by atoms with Crippen molar-refractivity contribution in [3.05, 3.63) is 4.91 Å². The van der Waals surface area contributed by atoms with Gasteiger partial charge in [0.25, 0.3) is 5.91 Å². The largest absolute Gasteiger partial charge is 0.356 e. The summed E-state index contributed by atoms with van der Waals surface area (Å²) in [6.07, 6.45) is 0.734. The van der Waals surface area contributed by atoms with Gasteiger partial charge in [-0.05, 0) is 6.42 Å². The molecule has 0 spiro atoms. The highest BCUT2D eigenvalue weighted by molar-refractivity contribution is 5.85. The van der Waals surface area contributed by atoms with Crippen LogP contribution in [-0.2, 0) is 9.59 Å². The molecule has 0 aromatic rings. The summed E-state index contributed by atoms with van der Waals surface area (Å²) in [7, 11) is 0. The van der Waals surface area contributed by atoms with Gasteiger partial charge in [0, 0.05) is 24.1 Å². The van der Waals surface area contributed by atoms with Crippen molar-refractivity contribution in [2.45, 2.75) is 26.7 Å². The molecule has 1 unspecified atom stereocenters. The molecule has 0 saturated carbocycles. The van der Waals surface area contributed by atoms with Gasteiger partial charge >= 0.3 is 0 Å². The van der Waals surface area contributed by atoms with E-state index in [1.807, 2.05) is 6.92 Å². The zero-order valence-electron chi connectivity index (χ0n) is 7.87. The molecule has 0 rings (SSSR count). The van der Waals surface area contributed by atoms with E-state index in [9.17, 15) is 14.5 Å². The van der Waals surface area contributed by atoms with Gasteiger partial charge in [-0.15, -0.1) is 4.91 Å². The van der Waals surface area contributed by atoms with Gasteiger partial charge in [0.2, 0.25) is 5.91 Å². The van der Waals surface area contributed by atoms with Crippen molar-refractivity contribution in [1.82, 2.24) is 5.32 Å². The molecule has 13 heavy (non-hydrogen) atoms. The second-order valence-electron chi connectivity index (χ2n) is 2.88. The number of carbonyl (C=O) groups excluding carboxylic acids is 2. The van der Waals surface area contributed by atoms with Crippen LogP contribution in [-0.4, -0.2) is 18.4 Å². The SMILES string of the molecule is CCCNC(=O)C(C)CC(=O)N=O.